The molecule has 4 aromatic carbocycles. The fourth-order valence-corrected chi connectivity index (χ4v) is 4.57. The van der Waals surface area contributed by atoms with Crippen LogP contribution in [-0.2, 0) is 10.0 Å². The first-order chi connectivity index (χ1) is 15.9. The van der Waals surface area contributed by atoms with Crippen molar-refractivity contribution in [1.82, 2.24) is 5.32 Å². The van der Waals surface area contributed by atoms with Crippen LogP contribution >= 0.6 is 0 Å². The van der Waals surface area contributed by atoms with Crippen molar-refractivity contribution in [2.24, 2.45) is 0 Å². The molecule has 0 radical (unpaired) electrons. The SMILES string of the molecule is Cc1cc(C(=O)NCCOc2ccc3ccccc3c2)ccc1NS(=O)(=O)c1ccccc1. The van der Waals surface area contributed by atoms with E-state index in [1.165, 1.54) is 12.1 Å². The van der Waals surface area contributed by atoms with E-state index in [1.807, 2.05) is 42.5 Å². The van der Waals surface area contributed by atoms with Crippen molar-refractivity contribution in [1.29, 1.82) is 0 Å². The van der Waals surface area contributed by atoms with Crippen molar-refractivity contribution in [2.75, 3.05) is 17.9 Å². The van der Waals surface area contributed by atoms with Crippen LogP contribution in [0.5, 0.6) is 5.75 Å². The van der Waals surface area contributed by atoms with Gasteiger partial charge >= 0.3 is 0 Å². The van der Waals surface area contributed by atoms with Gasteiger partial charge in [-0.2, -0.15) is 0 Å². The fraction of sp³-hybridized carbons (Fsp3) is 0.115. The predicted octanol–water partition coefficient (Wildman–Crippen LogP) is 4.76. The van der Waals surface area contributed by atoms with E-state index < -0.39 is 10.0 Å². The normalized spacial score (nSPS) is 11.2. The molecule has 168 valence electrons. The first-order valence-electron chi connectivity index (χ1n) is 10.5. The predicted molar refractivity (Wildman–Crippen MR) is 130 cm³/mol. The van der Waals surface area contributed by atoms with Crippen molar-refractivity contribution < 1.29 is 17.9 Å². The summed E-state index contributed by atoms with van der Waals surface area (Å²) in [4.78, 5) is 12.7. The lowest BCUT2D eigenvalue weighted by Crippen LogP contribution is -2.28. The Kier molecular flexibility index (Phi) is 6.60. The Morgan fingerprint density at radius 2 is 1.58 bits per heavy atom. The van der Waals surface area contributed by atoms with Gasteiger partial charge in [-0.25, -0.2) is 8.42 Å². The molecule has 0 atom stereocenters. The molecule has 0 bridgehead atoms. The molecular weight excluding hydrogens is 436 g/mol. The van der Waals surface area contributed by atoms with Gasteiger partial charge < -0.3 is 10.1 Å². The number of rotatable bonds is 8. The first kappa shape index (κ1) is 22.4. The lowest BCUT2D eigenvalue weighted by atomic mass is 10.1. The largest absolute Gasteiger partial charge is 0.492 e. The van der Waals surface area contributed by atoms with Crippen molar-refractivity contribution in [3.8, 4) is 5.75 Å². The van der Waals surface area contributed by atoms with Crippen LogP contribution in [0.1, 0.15) is 15.9 Å². The van der Waals surface area contributed by atoms with Gasteiger partial charge in [-0.3, -0.25) is 9.52 Å². The lowest BCUT2D eigenvalue weighted by molar-refractivity contribution is 0.0947. The van der Waals surface area contributed by atoms with E-state index in [-0.39, 0.29) is 10.8 Å². The van der Waals surface area contributed by atoms with Crippen molar-refractivity contribution in [2.45, 2.75) is 11.8 Å². The van der Waals surface area contributed by atoms with Gasteiger partial charge in [0, 0.05) is 5.56 Å². The Bertz CT molecular complexity index is 1390. The Hall–Kier alpha value is -3.84. The molecule has 0 aliphatic rings. The molecule has 0 aromatic heterocycles. The molecule has 0 aliphatic heterocycles. The molecule has 0 saturated carbocycles. The minimum Gasteiger partial charge on any atom is -0.492 e. The highest BCUT2D eigenvalue weighted by molar-refractivity contribution is 7.92. The van der Waals surface area contributed by atoms with Crippen LogP contribution < -0.4 is 14.8 Å². The summed E-state index contributed by atoms with van der Waals surface area (Å²) in [6.07, 6.45) is 0. The quantitative estimate of drug-likeness (QED) is 0.372. The van der Waals surface area contributed by atoms with E-state index in [1.54, 1.807) is 43.3 Å². The molecule has 2 N–H and O–H groups in total. The molecule has 0 fully saturated rings. The van der Waals surface area contributed by atoms with Gasteiger partial charge in [0.25, 0.3) is 15.9 Å². The highest BCUT2D eigenvalue weighted by Gasteiger charge is 2.15. The summed E-state index contributed by atoms with van der Waals surface area (Å²) in [6.45, 7) is 2.42. The number of benzene rings is 4. The Balaban J connectivity index is 1.32. The van der Waals surface area contributed by atoms with E-state index in [4.69, 9.17) is 4.74 Å². The van der Waals surface area contributed by atoms with E-state index in [2.05, 4.69) is 10.0 Å². The van der Waals surface area contributed by atoms with E-state index in [9.17, 15) is 13.2 Å². The number of anilines is 1. The maximum Gasteiger partial charge on any atom is 0.261 e. The molecule has 4 rings (SSSR count). The van der Waals surface area contributed by atoms with Crippen LogP contribution in [0.15, 0.2) is 95.9 Å². The van der Waals surface area contributed by atoms with Crippen molar-refractivity contribution in [3.05, 3.63) is 102 Å². The number of aryl methyl sites for hydroxylation is 1. The third-order valence-electron chi connectivity index (χ3n) is 5.16. The Labute approximate surface area is 193 Å². The summed E-state index contributed by atoms with van der Waals surface area (Å²) >= 11 is 0. The Morgan fingerprint density at radius 1 is 0.848 bits per heavy atom. The number of sulfonamides is 1. The second kappa shape index (κ2) is 9.75. The molecule has 0 saturated heterocycles. The molecule has 0 unspecified atom stereocenters. The van der Waals surface area contributed by atoms with Crippen LogP contribution in [0.3, 0.4) is 0 Å². The molecule has 0 spiro atoms. The minimum atomic E-state index is -3.69. The topological polar surface area (TPSA) is 84.5 Å². The van der Waals surface area contributed by atoms with Gasteiger partial charge in [-0.15, -0.1) is 0 Å². The second-order valence-corrected chi connectivity index (χ2v) is 9.24. The van der Waals surface area contributed by atoms with Crippen LogP contribution in [0, 0.1) is 6.92 Å². The summed E-state index contributed by atoms with van der Waals surface area (Å²) in [5.41, 5.74) is 1.52. The monoisotopic (exact) mass is 460 g/mol. The zero-order valence-electron chi connectivity index (χ0n) is 18.1. The zero-order chi connectivity index (χ0) is 23.3. The minimum absolute atomic E-state index is 0.178. The van der Waals surface area contributed by atoms with Crippen LogP contribution in [0.25, 0.3) is 10.8 Å². The van der Waals surface area contributed by atoms with E-state index in [0.29, 0.717) is 30.0 Å². The van der Waals surface area contributed by atoms with E-state index >= 15 is 0 Å². The average Bonchev–Trinajstić information content (AvgIpc) is 2.83. The van der Waals surface area contributed by atoms with Gasteiger partial charge in [-0.05, 0) is 65.7 Å². The van der Waals surface area contributed by atoms with Crippen molar-refractivity contribution >= 4 is 32.4 Å². The molecule has 6 nitrogen and oxygen atoms in total. The highest BCUT2D eigenvalue weighted by atomic mass is 32.2. The summed E-state index contributed by atoms with van der Waals surface area (Å²) in [7, 11) is -3.69. The molecule has 7 heteroatoms. The van der Waals surface area contributed by atoms with Gasteiger partial charge in [0.1, 0.15) is 12.4 Å². The molecule has 4 aromatic rings. The fourth-order valence-electron chi connectivity index (χ4n) is 3.42. The number of ether oxygens (including phenoxy) is 1. The average molecular weight is 461 g/mol. The molecule has 1 amide bonds. The molecule has 0 heterocycles. The summed E-state index contributed by atoms with van der Waals surface area (Å²) in [6, 6.07) is 26.9. The van der Waals surface area contributed by atoms with Crippen LogP contribution in [-0.4, -0.2) is 27.5 Å². The van der Waals surface area contributed by atoms with Crippen molar-refractivity contribution in [3.63, 3.8) is 0 Å². The summed E-state index contributed by atoms with van der Waals surface area (Å²) in [5.74, 6) is 0.492. The second-order valence-electron chi connectivity index (χ2n) is 7.56. The highest BCUT2D eigenvalue weighted by Crippen LogP contribution is 2.22. The number of carbonyl (C=O) groups is 1. The van der Waals surface area contributed by atoms with Gasteiger partial charge in [0.05, 0.1) is 17.1 Å². The van der Waals surface area contributed by atoms with Gasteiger partial charge in [0.15, 0.2) is 0 Å². The maximum atomic E-state index is 12.5. The summed E-state index contributed by atoms with van der Waals surface area (Å²) < 4.78 is 33.4. The third-order valence-corrected chi connectivity index (χ3v) is 6.55. The van der Waals surface area contributed by atoms with Gasteiger partial charge in [-0.1, -0.05) is 48.5 Å². The lowest BCUT2D eigenvalue weighted by Gasteiger charge is -2.12. The number of fused-ring (bicyclic) bond motifs is 1. The molecular formula is C26H24N2O4S. The first-order valence-corrected chi connectivity index (χ1v) is 12.0. The van der Waals surface area contributed by atoms with E-state index in [0.717, 1.165) is 16.5 Å². The number of hydrogen-bond acceptors (Lipinski definition) is 4. The smallest absolute Gasteiger partial charge is 0.261 e. The number of carbonyl (C=O) groups excluding carboxylic acids is 1. The van der Waals surface area contributed by atoms with Gasteiger partial charge in [0.2, 0.25) is 0 Å². The van der Waals surface area contributed by atoms with Crippen LogP contribution in [0.2, 0.25) is 0 Å². The molecule has 33 heavy (non-hydrogen) atoms. The number of hydrogen-bond donors (Lipinski definition) is 2. The number of amides is 1. The zero-order valence-corrected chi connectivity index (χ0v) is 18.9. The third kappa shape index (κ3) is 5.51. The Morgan fingerprint density at radius 3 is 2.33 bits per heavy atom. The standard InChI is InChI=1S/C26H24N2O4S/c1-19-17-22(12-14-25(19)28-33(30,31)24-9-3-2-4-10-24)26(29)27-15-16-32-23-13-11-20-7-5-6-8-21(20)18-23/h2-14,17-18,28H,15-16H2,1H3,(H,27,29). The summed E-state index contributed by atoms with van der Waals surface area (Å²) in [5, 5.41) is 5.06. The maximum absolute atomic E-state index is 12.5. The van der Waals surface area contributed by atoms with Crippen LogP contribution in [0.4, 0.5) is 5.69 Å². The molecule has 0 aliphatic carbocycles. The number of nitrogens with one attached hydrogen (secondary N) is 2.